The van der Waals surface area contributed by atoms with E-state index in [1.807, 2.05) is 18.2 Å². The van der Waals surface area contributed by atoms with Gasteiger partial charge in [-0.3, -0.25) is 14.6 Å². The van der Waals surface area contributed by atoms with E-state index in [2.05, 4.69) is 15.5 Å². The van der Waals surface area contributed by atoms with Crippen LogP contribution in [0.15, 0.2) is 39.8 Å². The van der Waals surface area contributed by atoms with Crippen LogP contribution in [0.4, 0.5) is 0 Å². The number of amides is 1. The van der Waals surface area contributed by atoms with E-state index in [0.717, 1.165) is 5.69 Å². The predicted molar refractivity (Wildman–Crippen MR) is 86.3 cm³/mol. The van der Waals surface area contributed by atoms with Crippen molar-refractivity contribution in [1.29, 1.82) is 0 Å². The highest BCUT2D eigenvalue weighted by atomic mass is 16.5. The van der Waals surface area contributed by atoms with E-state index in [9.17, 15) is 14.7 Å². The Morgan fingerprint density at radius 1 is 1.46 bits per heavy atom. The van der Waals surface area contributed by atoms with Crippen molar-refractivity contribution in [2.75, 3.05) is 0 Å². The summed E-state index contributed by atoms with van der Waals surface area (Å²) in [4.78, 5) is 27.5. The summed E-state index contributed by atoms with van der Waals surface area (Å²) in [6.45, 7) is 0. The number of rotatable bonds is 7. The minimum Gasteiger partial charge on any atom is -0.393 e. The van der Waals surface area contributed by atoms with Crippen LogP contribution in [0.1, 0.15) is 30.7 Å². The molecule has 7 heteroatoms. The van der Waals surface area contributed by atoms with Crippen LogP contribution in [0.2, 0.25) is 0 Å². The molecule has 0 radical (unpaired) electrons. The van der Waals surface area contributed by atoms with Crippen LogP contribution < -0.4 is 10.9 Å². The normalized spacial score (nSPS) is 21.0. The van der Waals surface area contributed by atoms with E-state index in [1.165, 1.54) is 6.07 Å². The Bertz CT molecular complexity index is 719. The third-order valence-corrected chi connectivity index (χ3v) is 4.39. The highest BCUT2D eigenvalue weighted by molar-refractivity contribution is 5.76. The molecule has 2 aromatic rings. The number of aromatic amines is 1. The molecule has 7 nitrogen and oxygen atoms in total. The first kappa shape index (κ1) is 16.4. The smallest absolute Gasteiger partial charge is 0.280 e. The zero-order chi connectivity index (χ0) is 16.9. The summed E-state index contributed by atoms with van der Waals surface area (Å²) in [6, 6.07) is 7.01. The maximum atomic E-state index is 12.2. The molecule has 0 bridgehead atoms. The van der Waals surface area contributed by atoms with Gasteiger partial charge in [-0.2, -0.15) is 5.16 Å². The van der Waals surface area contributed by atoms with Crippen molar-refractivity contribution in [2.24, 2.45) is 5.92 Å². The van der Waals surface area contributed by atoms with E-state index >= 15 is 0 Å². The van der Waals surface area contributed by atoms with Gasteiger partial charge in [-0.15, -0.1) is 0 Å². The summed E-state index contributed by atoms with van der Waals surface area (Å²) in [5, 5.41) is 14.8. The number of nitrogens with zero attached hydrogens (tertiary/aromatic N) is 1. The van der Waals surface area contributed by atoms with Crippen molar-refractivity contribution in [3.8, 4) is 0 Å². The molecule has 3 N–H and O–H groups in total. The third-order valence-electron chi connectivity index (χ3n) is 4.39. The van der Waals surface area contributed by atoms with E-state index in [4.69, 9.17) is 4.52 Å². The molecule has 1 fully saturated rings. The molecule has 1 aliphatic rings. The number of hydrogen-bond donors (Lipinski definition) is 3. The summed E-state index contributed by atoms with van der Waals surface area (Å²) in [5.74, 6) is 0.632. The second-order valence-electron chi connectivity index (χ2n) is 6.26. The standard InChI is InChI=1S/C17H21N3O4/c21-13-7-11(8-13)15(9-12-3-1-2-6-18-12)19-16(22)5-4-14-10-17(23)20-24-14/h1-3,6,10-11,13,15,21H,4-5,7-9H2,(H,19,22)(H,20,23). The largest absolute Gasteiger partial charge is 0.393 e. The molecule has 3 rings (SSSR count). The molecular formula is C17H21N3O4. The van der Waals surface area contributed by atoms with Gasteiger partial charge in [0.2, 0.25) is 5.91 Å². The van der Waals surface area contributed by atoms with Gasteiger partial charge in [0, 0.05) is 43.3 Å². The van der Waals surface area contributed by atoms with Gasteiger partial charge < -0.3 is 14.9 Å². The Labute approximate surface area is 139 Å². The van der Waals surface area contributed by atoms with Gasteiger partial charge in [0.1, 0.15) is 5.76 Å². The monoisotopic (exact) mass is 331 g/mol. The quantitative estimate of drug-likeness (QED) is 0.695. The molecule has 1 aliphatic carbocycles. The summed E-state index contributed by atoms with van der Waals surface area (Å²) >= 11 is 0. The second kappa shape index (κ2) is 7.44. The van der Waals surface area contributed by atoms with Crippen LogP contribution >= 0.6 is 0 Å². The molecule has 2 heterocycles. The maximum absolute atomic E-state index is 12.2. The molecule has 2 aromatic heterocycles. The highest BCUT2D eigenvalue weighted by Crippen LogP contribution is 2.31. The fourth-order valence-corrected chi connectivity index (χ4v) is 3.00. The van der Waals surface area contributed by atoms with Gasteiger partial charge in [-0.1, -0.05) is 6.07 Å². The Hall–Kier alpha value is -2.41. The molecular weight excluding hydrogens is 310 g/mol. The van der Waals surface area contributed by atoms with Gasteiger partial charge in [0.05, 0.1) is 6.10 Å². The summed E-state index contributed by atoms with van der Waals surface area (Å²) in [6.07, 6.45) is 4.12. The number of H-pyrrole nitrogens is 1. The first-order valence-electron chi connectivity index (χ1n) is 8.15. The van der Waals surface area contributed by atoms with Gasteiger partial charge in [-0.05, 0) is 30.9 Å². The van der Waals surface area contributed by atoms with E-state index < -0.39 is 0 Å². The Kier molecular flexibility index (Phi) is 5.10. The number of hydrogen-bond acceptors (Lipinski definition) is 5. The first-order chi connectivity index (χ1) is 11.6. The Morgan fingerprint density at radius 2 is 2.29 bits per heavy atom. The number of pyridine rings is 1. The Morgan fingerprint density at radius 3 is 2.92 bits per heavy atom. The van der Waals surface area contributed by atoms with Crippen LogP contribution in [0.25, 0.3) is 0 Å². The van der Waals surface area contributed by atoms with Crippen LogP contribution in [0.3, 0.4) is 0 Å². The van der Waals surface area contributed by atoms with Gasteiger partial charge in [0.15, 0.2) is 0 Å². The molecule has 1 amide bonds. The molecule has 0 saturated heterocycles. The number of aromatic nitrogens is 2. The van der Waals surface area contributed by atoms with Crippen molar-refractivity contribution in [3.05, 3.63) is 52.3 Å². The van der Waals surface area contributed by atoms with E-state index in [1.54, 1.807) is 6.20 Å². The first-order valence-corrected chi connectivity index (χ1v) is 8.15. The lowest BCUT2D eigenvalue weighted by molar-refractivity contribution is -0.123. The SMILES string of the molecule is O=C(CCc1cc(=O)[nH]o1)NC(Cc1ccccn1)C1CC(O)C1. The van der Waals surface area contributed by atoms with Crippen molar-refractivity contribution in [3.63, 3.8) is 0 Å². The molecule has 0 aliphatic heterocycles. The molecule has 1 unspecified atom stereocenters. The van der Waals surface area contributed by atoms with Crippen LogP contribution in [-0.4, -0.2) is 33.3 Å². The summed E-state index contributed by atoms with van der Waals surface area (Å²) in [7, 11) is 0. The van der Waals surface area contributed by atoms with Crippen LogP contribution in [0.5, 0.6) is 0 Å². The lowest BCUT2D eigenvalue weighted by Gasteiger charge is -2.38. The fourth-order valence-electron chi connectivity index (χ4n) is 3.00. The maximum Gasteiger partial charge on any atom is 0.280 e. The third kappa shape index (κ3) is 4.32. The number of carbonyl (C=O) groups is 1. The zero-order valence-corrected chi connectivity index (χ0v) is 13.3. The minimum absolute atomic E-state index is 0.0472. The molecule has 0 spiro atoms. The van der Waals surface area contributed by atoms with Crippen molar-refractivity contribution in [2.45, 2.75) is 44.2 Å². The highest BCUT2D eigenvalue weighted by Gasteiger charge is 2.34. The lowest BCUT2D eigenvalue weighted by Crippen LogP contribution is -2.48. The number of aryl methyl sites for hydroxylation is 1. The zero-order valence-electron chi connectivity index (χ0n) is 13.3. The summed E-state index contributed by atoms with van der Waals surface area (Å²) in [5.41, 5.74) is 0.614. The average Bonchev–Trinajstić information content (AvgIpc) is 2.96. The van der Waals surface area contributed by atoms with Crippen LogP contribution in [-0.2, 0) is 17.6 Å². The topological polar surface area (TPSA) is 108 Å². The number of carbonyl (C=O) groups excluding carboxylic acids is 1. The number of aliphatic hydroxyl groups is 1. The van der Waals surface area contributed by atoms with Crippen molar-refractivity contribution >= 4 is 5.91 Å². The predicted octanol–water partition coefficient (Wildman–Crippen LogP) is 0.794. The molecule has 24 heavy (non-hydrogen) atoms. The van der Waals surface area contributed by atoms with Crippen molar-refractivity contribution in [1.82, 2.24) is 15.5 Å². The molecule has 128 valence electrons. The minimum atomic E-state index is -0.304. The second-order valence-corrected chi connectivity index (χ2v) is 6.26. The fraction of sp³-hybridized carbons (Fsp3) is 0.471. The molecule has 1 atom stereocenters. The summed E-state index contributed by atoms with van der Waals surface area (Å²) < 4.78 is 4.95. The van der Waals surface area contributed by atoms with Crippen LogP contribution in [0, 0.1) is 5.92 Å². The van der Waals surface area contributed by atoms with Crippen molar-refractivity contribution < 1.29 is 14.4 Å². The average molecular weight is 331 g/mol. The van der Waals surface area contributed by atoms with Gasteiger partial charge in [0.25, 0.3) is 5.56 Å². The van der Waals surface area contributed by atoms with Gasteiger partial charge >= 0.3 is 0 Å². The molecule has 0 aromatic carbocycles. The van der Waals surface area contributed by atoms with E-state index in [0.29, 0.717) is 31.4 Å². The Balaban J connectivity index is 1.56. The molecule has 1 saturated carbocycles. The van der Waals surface area contributed by atoms with E-state index in [-0.39, 0.29) is 36.0 Å². The number of nitrogens with one attached hydrogen (secondary N) is 2. The lowest BCUT2D eigenvalue weighted by atomic mass is 9.76. The van der Waals surface area contributed by atoms with Gasteiger partial charge in [-0.25, -0.2) is 0 Å². The number of aliphatic hydroxyl groups excluding tert-OH is 1.